The highest BCUT2D eigenvalue weighted by Crippen LogP contribution is 2.32. The van der Waals surface area contributed by atoms with Gasteiger partial charge in [-0.05, 0) is 44.6 Å². The molecule has 6 nitrogen and oxygen atoms in total. The molecule has 0 bridgehead atoms. The molecule has 2 heterocycles. The molecule has 2 amide bonds. The summed E-state index contributed by atoms with van der Waals surface area (Å²) in [5.74, 6) is 2.37. The molecule has 156 valence electrons. The van der Waals surface area contributed by atoms with Crippen molar-refractivity contribution in [2.75, 3.05) is 13.6 Å². The fourth-order valence-corrected chi connectivity index (χ4v) is 3.59. The molecule has 0 saturated heterocycles. The van der Waals surface area contributed by atoms with Crippen LogP contribution in [0, 0.1) is 12.3 Å². The minimum atomic E-state index is -0.671. The van der Waals surface area contributed by atoms with Gasteiger partial charge in [-0.25, -0.2) is 9.69 Å². The minimum Gasteiger partial charge on any atom is -0.443 e. The van der Waals surface area contributed by atoms with Gasteiger partial charge in [0.05, 0.1) is 11.3 Å². The highest BCUT2D eigenvalue weighted by molar-refractivity contribution is 6.05. The third kappa shape index (κ3) is 3.84. The number of hydrogen-bond donors (Lipinski definition) is 1. The fraction of sp³-hybridized carbons (Fsp3) is 0.333. The van der Waals surface area contributed by atoms with Crippen LogP contribution in [-0.2, 0) is 18.2 Å². The molecule has 0 radical (unpaired) electrons. The molecule has 0 atom stereocenters. The van der Waals surface area contributed by atoms with Gasteiger partial charge in [0.15, 0.2) is 0 Å². The maximum Gasteiger partial charge on any atom is 0.417 e. The first-order valence-electron chi connectivity index (χ1n) is 9.79. The monoisotopic (exact) mass is 405 g/mol. The lowest BCUT2D eigenvalue weighted by Gasteiger charge is -2.28. The van der Waals surface area contributed by atoms with Crippen molar-refractivity contribution in [1.29, 1.82) is 0 Å². The number of aromatic nitrogens is 1. The van der Waals surface area contributed by atoms with Gasteiger partial charge in [0.25, 0.3) is 5.91 Å². The van der Waals surface area contributed by atoms with Gasteiger partial charge in [-0.2, -0.15) is 0 Å². The summed E-state index contributed by atoms with van der Waals surface area (Å²) in [6.07, 6.45) is 11.3. The number of carbonyl (C=O) groups excluding carboxylic acids is 2. The largest absolute Gasteiger partial charge is 0.443 e. The van der Waals surface area contributed by atoms with Crippen molar-refractivity contribution >= 4 is 17.6 Å². The molecule has 0 saturated carbocycles. The minimum absolute atomic E-state index is 0.271. The topological polar surface area (TPSA) is 63.6 Å². The van der Waals surface area contributed by atoms with E-state index in [9.17, 15) is 9.59 Å². The molecule has 2 aliphatic rings. The Hall–Kier alpha value is -3.46. The molecule has 3 rings (SSSR count). The van der Waals surface area contributed by atoms with Crippen LogP contribution in [0.3, 0.4) is 0 Å². The number of imide groups is 1. The summed E-state index contributed by atoms with van der Waals surface area (Å²) in [5, 5.41) is 3.13. The van der Waals surface area contributed by atoms with Gasteiger partial charge in [0.2, 0.25) is 0 Å². The van der Waals surface area contributed by atoms with E-state index < -0.39 is 11.7 Å². The molecule has 1 aromatic heterocycles. The summed E-state index contributed by atoms with van der Waals surface area (Å²) in [4.78, 5) is 26.7. The lowest BCUT2D eigenvalue weighted by molar-refractivity contribution is 0.0232. The van der Waals surface area contributed by atoms with E-state index in [0.717, 1.165) is 33.1 Å². The van der Waals surface area contributed by atoms with Crippen LogP contribution in [0.25, 0.3) is 5.57 Å². The van der Waals surface area contributed by atoms with Crippen molar-refractivity contribution in [3.05, 3.63) is 64.7 Å². The number of nitrogens with zero attached hydrogens (tertiary/aromatic N) is 2. The van der Waals surface area contributed by atoms with E-state index in [0.29, 0.717) is 17.6 Å². The van der Waals surface area contributed by atoms with Gasteiger partial charge >= 0.3 is 6.09 Å². The molecule has 0 unspecified atom stereocenters. The highest BCUT2D eigenvalue weighted by Gasteiger charge is 2.35. The number of nitrogens with one attached hydrogen (secondary N) is 1. The third-order valence-electron chi connectivity index (χ3n) is 5.10. The first kappa shape index (κ1) is 21.3. The van der Waals surface area contributed by atoms with Crippen molar-refractivity contribution < 1.29 is 14.3 Å². The maximum absolute atomic E-state index is 13.1. The van der Waals surface area contributed by atoms with Crippen LogP contribution in [-0.4, -0.2) is 40.7 Å². The molecule has 1 aliphatic heterocycles. The number of hydrogen-bond acceptors (Lipinski definition) is 4. The quantitative estimate of drug-likeness (QED) is 0.764. The molecule has 1 N–H and O–H groups in total. The molecule has 0 fully saturated rings. The Morgan fingerprint density at radius 1 is 1.33 bits per heavy atom. The average Bonchev–Trinajstić information content (AvgIpc) is 2.91. The number of rotatable bonds is 2. The highest BCUT2D eigenvalue weighted by atomic mass is 16.6. The van der Waals surface area contributed by atoms with E-state index in [-0.39, 0.29) is 12.5 Å². The Morgan fingerprint density at radius 3 is 2.63 bits per heavy atom. The van der Waals surface area contributed by atoms with Gasteiger partial charge in [0.1, 0.15) is 5.60 Å². The van der Waals surface area contributed by atoms with E-state index >= 15 is 0 Å². The van der Waals surface area contributed by atoms with Crippen LogP contribution in [0.15, 0.2) is 47.7 Å². The lowest BCUT2D eigenvalue weighted by Crippen LogP contribution is -2.44. The summed E-state index contributed by atoms with van der Waals surface area (Å²) in [7, 11) is 3.73. The van der Waals surface area contributed by atoms with Crippen LogP contribution >= 0.6 is 0 Å². The Bertz CT molecular complexity index is 1070. The second kappa shape index (κ2) is 7.75. The van der Waals surface area contributed by atoms with Crippen molar-refractivity contribution in [3.63, 3.8) is 0 Å². The van der Waals surface area contributed by atoms with Crippen molar-refractivity contribution in [1.82, 2.24) is 14.8 Å². The number of likely N-dealkylation sites (N-methyl/N-ethyl adjacent to an activating group) is 1. The molecule has 6 heteroatoms. The van der Waals surface area contributed by atoms with Gasteiger partial charge in [-0.1, -0.05) is 18.6 Å². The average molecular weight is 405 g/mol. The van der Waals surface area contributed by atoms with Crippen LogP contribution in [0.4, 0.5) is 4.79 Å². The molecule has 1 aliphatic carbocycles. The summed E-state index contributed by atoms with van der Waals surface area (Å²) < 4.78 is 7.36. The zero-order valence-corrected chi connectivity index (χ0v) is 18.1. The summed E-state index contributed by atoms with van der Waals surface area (Å²) in [6.45, 7) is 9.65. The van der Waals surface area contributed by atoms with E-state index in [1.54, 1.807) is 26.8 Å². The fourth-order valence-electron chi connectivity index (χ4n) is 3.59. The van der Waals surface area contributed by atoms with E-state index in [1.807, 2.05) is 36.9 Å². The van der Waals surface area contributed by atoms with Gasteiger partial charge in [0, 0.05) is 49.6 Å². The van der Waals surface area contributed by atoms with Crippen molar-refractivity contribution in [3.8, 4) is 12.3 Å². The van der Waals surface area contributed by atoms with Gasteiger partial charge < -0.3 is 14.6 Å². The van der Waals surface area contributed by atoms with Crippen molar-refractivity contribution in [2.45, 2.75) is 32.8 Å². The zero-order valence-electron chi connectivity index (χ0n) is 18.1. The first-order valence-corrected chi connectivity index (χ1v) is 9.79. The smallest absolute Gasteiger partial charge is 0.417 e. The number of fused-ring (bicyclic) bond motifs is 1. The third-order valence-corrected chi connectivity index (χ3v) is 5.10. The predicted molar refractivity (Wildman–Crippen MR) is 118 cm³/mol. The molecule has 1 aromatic rings. The number of allylic oxidation sites excluding steroid dienone is 5. The van der Waals surface area contributed by atoms with Crippen LogP contribution in [0.5, 0.6) is 0 Å². The Labute approximate surface area is 177 Å². The Kier molecular flexibility index (Phi) is 5.49. The Morgan fingerprint density at radius 2 is 2.03 bits per heavy atom. The SMILES string of the molecule is C#CC1=C(c2cc3c(n2C)CCN(C(=O)OC(C)(C)C)C3=O)C=C(NC)C(=C)C=C1. The van der Waals surface area contributed by atoms with E-state index in [2.05, 4.69) is 17.8 Å². The first-order chi connectivity index (χ1) is 14.1. The number of amides is 2. The maximum atomic E-state index is 13.1. The standard InChI is InChI=1S/C24H27N3O3/c1-8-16-10-9-15(2)19(25-6)13-17(16)21-14-18-20(26(21)7)11-12-27(22(18)28)23(29)30-24(3,4)5/h1,9-10,13-14,25H,2,11-12H2,3-7H3. The predicted octanol–water partition coefficient (Wildman–Crippen LogP) is 3.57. The lowest BCUT2D eigenvalue weighted by atomic mass is 10.0. The molecular weight excluding hydrogens is 378 g/mol. The van der Waals surface area contributed by atoms with Crippen LogP contribution in [0.2, 0.25) is 0 Å². The van der Waals surface area contributed by atoms with Crippen LogP contribution in [0.1, 0.15) is 42.5 Å². The molecule has 0 spiro atoms. The summed E-state index contributed by atoms with van der Waals surface area (Å²) >= 11 is 0. The Balaban J connectivity index is 2.06. The molecular formula is C24H27N3O3. The summed E-state index contributed by atoms with van der Waals surface area (Å²) in [6, 6.07) is 1.80. The molecule has 30 heavy (non-hydrogen) atoms. The van der Waals surface area contributed by atoms with Gasteiger partial charge in [-0.3, -0.25) is 4.79 Å². The second-order valence-corrected chi connectivity index (χ2v) is 8.27. The van der Waals surface area contributed by atoms with Crippen LogP contribution < -0.4 is 5.32 Å². The van der Waals surface area contributed by atoms with Crippen molar-refractivity contribution in [2.24, 2.45) is 7.05 Å². The number of carbonyl (C=O) groups is 2. The second-order valence-electron chi connectivity index (χ2n) is 8.27. The summed E-state index contributed by atoms with van der Waals surface area (Å²) in [5.41, 5.74) is 4.64. The normalized spacial score (nSPS) is 16.7. The zero-order chi connectivity index (χ0) is 22.2. The molecule has 0 aromatic carbocycles. The number of ether oxygens (including phenoxy) is 1. The van der Waals surface area contributed by atoms with E-state index in [1.165, 1.54) is 0 Å². The van der Waals surface area contributed by atoms with Gasteiger partial charge in [-0.15, -0.1) is 6.42 Å². The van der Waals surface area contributed by atoms with E-state index in [4.69, 9.17) is 11.2 Å². The number of terminal acetylenes is 1.